The molecule has 0 saturated heterocycles. The average molecular weight is 314 g/mol. The normalized spacial score (nSPS) is 10.0. The molecule has 3 N–H and O–H groups in total. The summed E-state index contributed by atoms with van der Waals surface area (Å²) in [6.45, 7) is 0. The Morgan fingerprint density at radius 1 is 1.09 bits per heavy atom. The largest absolute Gasteiger partial charge is 0.497 e. The summed E-state index contributed by atoms with van der Waals surface area (Å²) in [5.74, 6) is 0.463. The van der Waals surface area contributed by atoms with Crippen molar-refractivity contribution in [1.82, 2.24) is 0 Å². The van der Waals surface area contributed by atoms with Gasteiger partial charge in [-0.1, -0.05) is 6.07 Å². The molecule has 23 heavy (non-hydrogen) atoms. The van der Waals surface area contributed by atoms with Crippen LogP contribution in [0.1, 0.15) is 15.9 Å². The maximum absolute atomic E-state index is 12.2. The Morgan fingerprint density at radius 3 is 2.52 bits per heavy atom. The van der Waals surface area contributed by atoms with E-state index < -0.39 is 5.91 Å². The van der Waals surface area contributed by atoms with E-state index in [2.05, 4.69) is 5.32 Å². The molecule has 6 nitrogen and oxygen atoms in total. The highest BCUT2D eigenvalue weighted by Crippen LogP contribution is 2.24. The Balaban J connectivity index is 2.13. The van der Waals surface area contributed by atoms with E-state index in [0.29, 0.717) is 28.3 Å². The lowest BCUT2D eigenvalue weighted by Gasteiger charge is -2.11. The number of benzene rings is 2. The van der Waals surface area contributed by atoms with Gasteiger partial charge in [-0.3, -0.25) is 9.59 Å². The van der Waals surface area contributed by atoms with Gasteiger partial charge in [0.2, 0.25) is 11.8 Å². The summed E-state index contributed by atoms with van der Waals surface area (Å²) in [5.41, 5.74) is 6.77. The van der Waals surface area contributed by atoms with E-state index in [1.807, 2.05) is 0 Å². The number of carbonyl (C=O) groups excluding carboxylic acids is 2. The maximum atomic E-state index is 12.2. The van der Waals surface area contributed by atoms with Gasteiger partial charge >= 0.3 is 0 Å². The quantitative estimate of drug-likeness (QED) is 0.853. The summed E-state index contributed by atoms with van der Waals surface area (Å²) >= 11 is 0. The van der Waals surface area contributed by atoms with Gasteiger partial charge in [-0.2, -0.15) is 0 Å². The first kappa shape index (κ1) is 16.4. The number of ether oxygens (including phenoxy) is 2. The van der Waals surface area contributed by atoms with Crippen molar-refractivity contribution >= 4 is 17.5 Å². The molecule has 0 saturated carbocycles. The van der Waals surface area contributed by atoms with Gasteiger partial charge in [0.05, 0.1) is 20.6 Å². The molecular weight excluding hydrogens is 296 g/mol. The van der Waals surface area contributed by atoms with Crippen molar-refractivity contribution in [3.63, 3.8) is 0 Å². The van der Waals surface area contributed by atoms with Gasteiger partial charge in [-0.15, -0.1) is 0 Å². The minimum absolute atomic E-state index is 0.112. The standard InChI is InChI=1S/C17H18N2O4/c1-22-14-6-7-15(23-2)12(9-14)10-16(20)19-13-5-3-4-11(8-13)17(18)21/h3-9H,10H2,1-2H3,(H2,18,21)(H,19,20). The molecule has 0 radical (unpaired) electrons. The van der Waals surface area contributed by atoms with Crippen molar-refractivity contribution in [2.24, 2.45) is 5.73 Å². The van der Waals surface area contributed by atoms with Crippen molar-refractivity contribution < 1.29 is 19.1 Å². The SMILES string of the molecule is COc1ccc(OC)c(CC(=O)Nc2cccc(C(N)=O)c2)c1. The van der Waals surface area contributed by atoms with Crippen molar-refractivity contribution in [2.45, 2.75) is 6.42 Å². The summed E-state index contributed by atoms with van der Waals surface area (Å²) in [6.07, 6.45) is 0.112. The third-order valence-corrected chi connectivity index (χ3v) is 3.27. The molecular formula is C17H18N2O4. The fraction of sp³-hybridized carbons (Fsp3) is 0.176. The van der Waals surface area contributed by atoms with Crippen LogP contribution in [0.25, 0.3) is 0 Å². The fourth-order valence-corrected chi connectivity index (χ4v) is 2.15. The van der Waals surface area contributed by atoms with Crippen LogP contribution < -0.4 is 20.5 Å². The van der Waals surface area contributed by atoms with Crippen LogP contribution in [0.5, 0.6) is 11.5 Å². The molecule has 0 unspecified atom stereocenters. The van der Waals surface area contributed by atoms with Crippen LogP contribution >= 0.6 is 0 Å². The zero-order valence-corrected chi connectivity index (χ0v) is 13.0. The molecule has 120 valence electrons. The predicted octanol–water partition coefficient (Wildman–Crippen LogP) is 1.98. The highest BCUT2D eigenvalue weighted by molar-refractivity contribution is 5.96. The van der Waals surface area contributed by atoms with Crippen LogP contribution in [0.4, 0.5) is 5.69 Å². The van der Waals surface area contributed by atoms with E-state index in [-0.39, 0.29) is 12.3 Å². The molecule has 0 fully saturated rings. The molecule has 0 aliphatic rings. The molecule has 0 atom stereocenters. The smallest absolute Gasteiger partial charge is 0.248 e. The Kier molecular flexibility index (Phi) is 5.19. The number of amides is 2. The summed E-state index contributed by atoms with van der Waals surface area (Å²) in [5, 5.41) is 2.73. The maximum Gasteiger partial charge on any atom is 0.248 e. The number of primary amides is 1. The molecule has 0 bridgehead atoms. The molecule has 6 heteroatoms. The van der Waals surface area contributed by atoms with Crippen molar-refractivity contribution in [1.29, 1.82) is 0 Å². The van der Waals surface area contributed by atoms with Gasteiger partial charge < -0.3 is 20.5 Å². The van der Waals surface area contributed by atoms with Crippen LogP contribution in [-0.2, 0) is 11.2 Å². The van der Waals surface area contributed by atoms with Gasteiger partial charge in [0, 0.05) is 16.8 Å². The molecule has 0 heterocycles. The molecule has 0 aliphatic carbocycles. The van der Waals surface area contributed by atoms with Crippen LogP contribution in [-0.4, -0.2) is 26.0 Å². The van der Waals surface area contributed by atoms with Gasteiger partial charge in [-0.05, 0) is 36.4 Å². The second kappa shape index (κ2) is 7.31. The number of hydrogen-bond donors (Lipinski definition) is 2. The molecule has 2 aromatic rings. The van der Waals surface area contributed by atoms with Crippen molar-refractivity contribution in [3.05, 3.63) is 53.6 Å². The molecule has 2 amide bonds. The first-order valence-corrected chi connectivity index (χ1v) is 6.94. The first-order chi connectivity index (χ1) is 11.0. The molecule has 0 aromatic heterocycles. The van der Waals surface area contributed by atoms with E-state index in [1.54, 1.807) is 50.6 Å². The van der Waals surface area contributed by atoms with Crippen LogP contribution in [0, 0.1) is 0 Å². The van der Waals surface area contributed by atoms with Gasteiger partial charge in [0.25, 0.3) is 0 Å². The van der Waals surface area contributed by atoms with E-state index in [4.69, 9.17) is 15.2 Å². The van der Waals surface area contributed by atoms with Crippen molar-refractivity contribution in [2.75, 3.05) is 19.5 Å². The lowest BCUT2D eigenvalue weighted by molar-refractivity contribution is -0.115. The topological polar surface area (TPSA) is 90.7 Å². The number of methoxy groups -OCH3 is 2. The van der Waals surface area contributed by atoms with Gasteiger partial charge in [-0.25, -0.2) is 0 Å². The summed E-state index contributed by atoms with van der Waals surface area (Å²) in [6, 6.07) is 11.7. The van der Waals surface area contributed by atoms with E-state index in [1.165, 1.54) is 6.07 Å². The van der Waals surface area contributed by atoms with Crippen LogP contribution in [0.15, 0.2) is 42.5 Å². The second-order valence-corrected chi connectivity index (χ2v) is 4.85. The zero-order valence-electron chi connectivity index (χ0n) is 13.0. The highest BCUT2D eigenvalue weighted by Gasteiger charge is 2.11. The Morgan fingerprint density at radius 2 is 1.87 bits per heavy atom. The van der Waals surface area contributed by atoms with Gasteiger partial charge in [0.1, 0.15) is 11.5 Å². The van der Waals surface area contributed by atoms with E-state index in [0.717, 1.165) is 0 Å². The summed E-state index contributed by atoms with van der Waals surface area (Å²) in [7, 11) is 3.10. The zero-order chi connectivity index (χ0) is 16.8. The van der Waals surface area contributed by atoms with Crippen LogP contribution in [0.3, 0.4) is 0 Å². The first-order valence-electron chi connectivity index (χ1n) is 6.94. The molecule has 2 rings (SSSR count). The Hall–Kier alpha value is -3.02. The predicted molar refractivity (Wildman–Crippen MR) is 86.8 cm³/mol. The highest BCUT2D eigenvalue weighted by atomic mass is 16.5. The van der Waals surface area contributed by atoms with Crippen LogP contribution in [0.2, 0.25) is 0 Å². The lowest BCUT2D eigenvalue weighted by atomic mass is 10.1. The number of rotatable bonds is 6. The minimum atomic E-state index is -0.546. The lowest BCUT2D eigenvalue weighted by Crippen LogP contribution is -2.16. The second-order valence-electron chi connectivity index (χ2n) is 4.85. The average Bonchev–Trinajstić information content (AvgIpc) is 2.54. The van der Waals surface area contributed by atoms with E-state index >= 15 is 0 Å². The molecule has 0 spiro atoms. The molecule has 0 aliphatic heterocycles. The number of hydrogen-bond acceptors (Lipinski definition) is 4. The Bertz CT molecular complexity index is 728. The minimum Gasteiger partial charge on any atom is -0.497 e. The van der Waals surface area contributed by atoms with Crippen molar-refractivity contribution in [3.8, 4) is 11.5 Å². The summed E-state index contributed by atoms with van der Waals surface area (Å²) < 4.78 is 10.4. The third-order valence-electron chi connectivity index (χ3n) is 3.27. The van der Waals surface area contributed by atoms with Gasteiger partial charge in [0.15, 0.2) is 0 Å². The number of nitrogens with two attached hydrogens (primary N) is 1. The molecule has 2 aromatic carbocycles. The Labute approximate surface area is 134 Å². The number of anilines is 1. The number of nitrogens with one attached hydrogen (secondary N) is 1. The fourth-order valence-electron chi connectivity index (χ4n) is 2.15. The number of carbonyl (C=O) groups is 2. The monoisotopic (exact) mass is 314 g/mol. The summed E-state index contributed by atoms with van der Waals surface area (Å²) in [4.78, 5) is 23.4. The third kappa shape index (κ3) is 4.23. The van der Waals surface area contributed by atoms with E-state index in [9.17, 15) is 9.59 Å².